The normalized spacial score (nSPS) is 21.5. The molecule has 1 aliphatic rings. The molecule has 0 bridgehead atoms. The first-order chi connectivity index (χ1) is 10.7. The number of rotatable bonds is 5. The first-order valence-electron chi connectivity index (χ1n) is 7.39. The van der Waals surface area contributed by atoms with Crippen LogP contribution < -0.4 is 0 Å². The molecule has 22 heavy (non-hydrogen) atoms. The standard InChI is InChI=1S/C16H20N2O3S/c1-11-5-14(21-17-11)7-13-8-18(9-15(13)20-2)16(19)6-12-3-4-22-10-12/h3-5,10,13,15H,6-9H2,1-2H3/t13-,15+/m1/s1. The van der Waals surface area contributed by atoms with Crippen LogP contribution in [0.5, 0.6) is 0 Å². The van der Waals surface area contributed by atoms with Crippen molar-refractivity contribution in [3.8, 4) is 0 Å². The molecular formula is C16H20N2O3S. The quantitative estimate of drug-likeness (QED) is 0.848. The van der Waals surface area contributed by atoms with E-state index < -0.39 is 0 Å². The molecule has 1 fully saturated rings. The lowest BCUT2D eigenvalue weighted by molar-refractivity contribution is -0.129. The van der Waals surface area contributed by atoms with Crippen molar-refractivity contribution in [3.63, 3.8) is 0 Å². The van der Waals surface area contributed by atoms with E-state index in [2.05, 4.69) is 5.16 Å². The molecule has 2 aromatic heterocycles. The second-order valence-electron chi connectivity index (χ2n) is 5.78. The molecule has 118 valence electrons. The maximum Gasteiger partial charge on any atom is 0.227 e. The van der Waals surface area contributed by atoms with Gasteiger partial charge in [0.2, 0.25) is 5.91 Å². The van der Waals surface area contributed by atoms with Crippen molar-refractivity contribution in [2.24, 2.45) is 5.92 Å². The second-order valence-corrected chi connectivity index (χ2v) is 6.56. The number of aryl methyl sites for hydroxylation is 1. The van der Waals surface area contributed by atoms with Crippen LogP contribution in [0.2, 0.25) is 0 Å². The molecule has 0 N–H and O–H groups in total. The van der Waals surface area contributed by atoms with Crippen LogP contribution in [0.1, 0.15) is 17.0 Å². The Balaban J connectivity index is 1.62. The summed E-state index contributed by atoms with van der Waals surface area (Å²) in [6.45, 7) is 3.27. The molecule has 5 nitrogen and oxygen atoms in total. The molecule has 3 heterocycles. The number of likely N-dealkylation sites (tertiary alicyclic amines) is 1. The van der Waals surface area contributed by atoms with Crippen molar-refractivity contribution in [1.29, 1.82) is 0 Å². The van der Waals surface area contributed by atoms with E-state index in [1.54, 1.807) is 18.4 Å². The van der Waals surface area contributed by atoms with E-state index in [4.69, 9.17) is 9.26 Å². The van der Waals surface area contributed by atoms with Crippen molar-refractivity contribution in [1.82, 2.24) is 10.1 Å². The van der Waals surface area contributed by atoms with Crippen LogP contribution >= 0.6 is 11.3 Å². The molecule has 0 aromatic carbocycles. The molecule has 0 spiro atoms. The van der Waals surface area contributed by atoms with Crippen LogP contribution in [0.25, 0.3) is 0 Å². The van der Waals surface area contributed by atoms with Crippen molar-refractivity contribution in [2.45, 2.75) is 25.9 Å². The van der Waals surface area contributed by atoms with Crippen molar-refractivity contribution < 1.29 is 14.1 Å². The largest absolute Gasteiger partial charge is 0.379 e. The fraction of sp³-hybridized carbons (Fsp3) is 0.500. The average molecular weight is 320 g/mol. The maximum atomic E-state index is 12.4. The number of ether oxygens (including phenoxy) is 1. The van der Waals surface area contributed by atoms with Gasteiger partial charge in [-0.05, 0) is 29.3 Å². The Morgan fingerprint density at radius 1 is 1.55 bits per heavy atom. The van der Waals surface area contributed by atoms with Crippen LogP contribution in [0.3, 0.4) is 0 Å². The molecule has 1 aliphatic heterocycles. The van der Waals surface area contributed by atoms with Gasteiger partial charge >= 0.3 is 0 Å². The lowest BCUT2D eigenvalue weighted by Gasteiger charge is -2.15. The Labute approximate surface area is 133 Å². The summed E-state index contributed by atoms with van der Waals surface area (Å²) in [5, 5.41) is 7.94. The number of thiophene rings is 1. The summed E-state index contributed by atoms with van der Waals surface area (Å²) in [6.07, 6.45) is 1.27. The summed E-state index contributed by atoms with van der Waals surface area (Å²) in [7, 11) is 1.70. The van der Waals surface area contributed by atoms with Gasteiger partial charge in [-0.3, -0.25) is 4.79 Å². The molecule has 3 rings (SSSR count). The van der Waals surface area contributed by atoms with Crippen molar-refractivity contribution in [3.05, 3.63) is 39.9 Å². The minimum Gasteiger partial charge on any atom is -0.379 e. The molecule has 0 unspecified atom stereocenters. The van der Waals surface area contributed by atoms with Gasteiger partial charge < -0.3 is 14.2 Å². The smallest absolute Gasteiger partial charge is 0.227 e. The van der Waals surface area contributed by atoms with Gasteiger partial charge in [-0.1, -0.05) is 5.16 Å². The third kappa shape index (κ3) is 3.39. The highest BCUT2D eigenvalue weighted by Crippen LogP contribution is 2.25. The number of amides is 1. The van der Waals surface area contributed by atoms with Crippen LogP contribution in [0, 0.1) is 12.8 Å². The minimum atomic E-state index is 0.0526. The molecule has 2 atom stereocenters. The van der Waals surface area contributed by atoms with Crippen LogP contribution in [0.4, 0.5) is 0 Å². The number of carbonyl (C=O) groups is 1. The molecule has 0 aliphatic carbocycles. The molecule has 1 saturated heterocycles. The van der Waals surface area contributed by atoms with Crippen molar-refractivity contribution in [2.75, 3.05) is 20.2 Å². The van der Waals surface area contributed by atoms with Crippen LogP contribution in [-0.2, 0) is 22.4 Å². The van der Waals surface area contributed by atoms with E-state index in [9.17, 15) is 4.79 Å². The number of nitrogens with zero attached hydrogens (tertiary/aromatic N) is 2. The van der Waals surface area contributed by atoms with E-state index in [0.717, 1.165) is 23.4 Å². The Hall–Kier alpha value is -1.66. The number of hydrogen-bond acceptors (Lipinski definition) is 5. The predicted octanol–water partition coefficient (Wildman–Crippen LogP) is 2.30. The average Bonchev–Trinajstić information content (AvgIpc) is 3.21. The SMILES string of the molecule is CO[C@H]1CN(C(=O)Cc2ccsc2)C[C@H]1Cc1cc(C)no1. The van der Waals surface area contributed by atoms with Gasteiger partial charge in [0.1, 0.15) is 5.76 Å². The predicted molar refractivity (Wildman–Crippen MR) is 83.8 cm³/mol. The van der Waals surface area contributed by atoms with E-state index in [1.807, 2.05) is 34.7 Å². The third-order valence-corrected chi connectivity index (χ3v) is 4.84. The van der Waals surface area contributed by atoms with Gasteiger partial charge in [-0.15, -0.1) is 0 Å². The first-order valence-corrected chi connectivity index (χ1v) is 8.34. The number of hydrogen-bond donors (Lipinski definition) is 0. The Bertz CT molecular complexity index is 623. The molecule has 1 amide bonds. The maximum absolute atomic E-state index is 12.4. The van der Waals surface area contributed by atoms with Gasteiger partial charge in [-0.2, -0.15) is 11.3 Å². The summed E-state index contributed by atoms with van der Waals surface area (Å²) in [5.74, 6) is 1.28. The van der Waals surface area contributed by atoms with Gasteiger partial charge in [0.15, 0.2) is 0 Å². The van der Waals surface area contributed by atoms with Crippen molar-refractivity contribution >= 4 is 17.2 Å². The molecule has 0 radical (unpaired) electrons. The van der Waals surface area contributed by atoms with Gasteiger partial charge in [0.25, 0.3) is 0 Å². The molecule has 0 saturated carbocycles. The third-order valence-electron chi connectivity index (χ3n) is 4.11. The second kappa shape index (κ2) is 6.62. The summed E-state index contributed by atoms with van der Waals surface area (Å²) >= 11 is 1.62. The van der Waals surface area contributed by atoms with E-state index in [0.29, 0.717) is 19.5 Å². The van der Waals surface area contributed by atoms with Gasteiger partial charge in [0, 0.05) is 38.6 Å². The zero-order valence-electron chi connectivity index (χ0n) is 12.8. The fourth-order valence-electron chi connectivity index (χ4n) is 2.96. The molecule has 6 heteroatoms. The number of methoxy groups -OCH3 is 1. The lowest BCUT2D eigenvalue weighted by Crippen LogP contribution is -2.31. The highest BCUT2D eigenvalue weighted by Gasteiger charge is 2.35. The van der Waals surface area contributed by atoms with E-state index in [-0.39, 0.29) is 17.9 Å². The monoisotopic (exact) mass is 320 g/mol. The van der Waals surface area contributed by atoms with Gasteiger partial charge in [0.05, 0.1) is 18.2 Å². The molecule has 2 aromatic rings. The summed E-state index contributed by atoms with van der Waals surface area (Å²) < 4.78 is 10.9. The Kier molecular flexibility index (Phi) is 4.59. The fourth-order valence-corrected chi connectivity index (χ4v) is 3.63. The highest BCUT2D eigenvalue weighted by atomic mass is 32.1. The molecular weight excluding hydrogens is 300 g/mol. The zero-order chi connectivity index (χ0) is 15.5. The van der Waals surface area contributed by atoms with Crippen LogP contribution in [0.15, 0.2) is 27.4 Å². The summed E-state index contributed by atoms with van der Waals surface area (Å²) in [6, 6.07) is 3.95. The number of carbonyl (C=O) groups excluding carboxylic acids is 1. The van der Waals surface area contributed by atoms with E-state index >= 15 is 0 Å². The van der Waals surface area contributed by atoms with Gasteiger partial charge in [-0.25, -0.2) is 0 Å². The van der Waals surface area contributed by atoms with E-state index in [1.165, 1.54) is 0 Å². The Morgan fingerprint density at radius 3 is 3.05 bits per heavy atom. The number of aromatic nitrogens is 1. The Morgan fingerprint density at radius 2 is 2.41 bits per heavy atom. The minimum absolute atomic E-state index is 0.0526. The topological polar surface area (TPSA) is 55.6 Å². The zero-order valence-corrected chi connectivity index (χ0v) is 13.6. The first kappa shape index (κ1) is 15.2. The summed E-state index contributed by atoms with van der Waals surface area (Å²) in [4.78, 5) is 14.3. The van der Waals surface area contributed by atoms with Crippen LogP contribution in [-0.4, -0.2) is 42.3 Å². The highest BCUT2D eigenvalue weighted by molar-refractivity contribution is 7.07. The lowest BCUT2D eigenvalue weighted by atomic mass is 10.0. The summed E-state index contributed by atoms with van der Waals surface area (Å²) in [5.41, 5.74) is 1.96.